The van der Waals surface area contributed by atoms with Crippen molar-refractivity contribution in [1.29, 1.82) is 0 Å². The van der Waals surface area contributed by atoms with E-state index >= 15 is 0 Å². The van der Waals surface area contributed by atoms with E-state index < -0.39 is 5.97 Å². The average molecular weight is 408 g/mol. The number of unbranched alkanes of at least 4 members (excludes halogenated alkanes) is 1. The molecule has 5 heteroatoms. The van der Waals surface area contributed by atoms with E-state index in [9.17, 15) is 9.90 Å². The van der Waals surface area contributed by atoms with Gasteiger partial charge in [-0.25, -0.2) is 0 Å². The molecule has 1 unspecified atom stereocenters. The second kappa shape index (κ2) is 9.53. The number of carbonyl (C=O) groups is 1. The van der Waals surface area contributed by atoms with Gasteiger partial charge in [-0.1, -0.05) is 42.8 Å². The van der Waals surface area contributed by atoms with Gasteiger partial charge in [0.1, 0.15) is 17.2 Å². The predicted octanol–water partition coefficient (Wildman–Crippen LogP) is 5.65. The Kier molecular flexibility index (Phi) is 6.83. The number of rotatable bonds is 9. The maximum absolute atomic E-state index is 10.9. The molecule has 0 bridgehead atoms. The average Bonchev–Trinajstić information content (AvgIpc) is 2.74. The fourth-order valence-electron chi connectivity index (χ4n) is 4.23. The molecule has 0 saturated carbocycles. The van der Waals surface area contributed by atoms with Crippen molar-refractivity contribution in [3.63, 3.8) is 0 Å². The number of aliphatic carboxylic acids is 1. The summed E-state index contributed by atoms with van der Waals surface area (Å²) in [7, 11) is 3.35. The molecule has 30 heavy (non-hydrogen) atoms. The van der Waals surface area contributed by atoms with Crippen LogP contribution in [0.15, 0.2) is 48.5 Å². The maximum atomic E-state index is 10.9. The Morgan fingerprint density at radius 2 is 1.53 bits per heavy atom. The Morgan fingerprint density at radius 1 is 0.933 bits per heavy atom. The van der Waals surface area contributed by atoms with Crippen molar-refractivity contribution >= 4 is 16.7 Å². The molecule has 0 aliphatic heterocycles. The van der Waals surface area contributed by atoms with Gasteiger partial charge < -0.3 is 19.7 Å². The minimum absolute atomic E-state index is 0.0205. The van der Waals surface area contributed by atoms with Crippen LogP contribution in [0.2, 0.25) is 0 Å². The lowest BCUT2D eigenvalue weighted by Gasteiger charge is -2.26. The van der Waals surface area contributed by atoms with Crippen LogP contribution < -0.4 is 9.47 Å². The van der Waals surface area contributed by atoms with Crippen LogP contribution in [0.4, 0.5) is 0 Å². The number of carboxylic acids is 1. The first-order valence-electron chi connectivity index (χ1n) is 10.1. The predicted molar refractivity (Wildman–Crippen MR) is 118 cm³/mol. The monoisotopic (exact) mass is 408 g/mol. The van der Waals surface area contributed by atoms with E-state index in [0.717, 1.165) is 51.8 Å². The number of hydrogen-bond donors (Lipinski definition) is 2. The van der Waals surface area contributed by atoms with Crippen LogP contribution in [0, 0.1) is 6.92 Å². The highest BCUT2D eigenvalue weighted by molar-refractivity contribution is 5.96. The fraction of sp³-hybridized carbons (Fsp3) is 0.320. The Labute approximate surface area is 176 Å². The van der Waals surface area contributed by atoms with Crippen LogP contribution in [0.25, 0.3) is 10.8 Å². The second-order valence-corrected chi connectivity index (χ2v) is 7.43. The number of hydrogen-bond acceptors (Lipinski definition) is 4. The summed E-state index contributed by atoms with van der Waals surface area (Å²) in [6.07, 6.45) is 2.28. The van der Waals surface area contributed by atoms with Gasteiger partial charge in [-0.2, -0.15) is 0 Å². The molecule has 0 aliphatic carbocycles. The van der Waals surface area contributed by atoms with Gasteiger partial charge in [0.15, 0.2) is 0 Å². The smallest absolute Gasteiger partial charge is 0.303 e. The summed E-state index contributed by atoms with van der Waals surface area (Å²) in [5.74, 6) is 1.03. The van der Waals surface area contributed by atoms with Crippen LogP contribution in [-0.2, 0) is 4.79 Å². The summed E-state index contributed by atoms with van der Waals surface area (Å²) in [4.78, 5) is 10.9. The molecule has 3 aromatic rings. The normalized spacial score (nSPS) is 12.0. The number of aromatic hydroxyl groups is 1. The number of carboxylic acid groups (broad SMARTS) is 1. The van der Waals surface area contributed by atoms with Crippen LogP contribution in [0.1, 0.15) is 48.3 Å². The third-order valence-corrected chi connectivity index (χ3v) is 5.59. The third kappa shape index (κ3) is 4.35. The summed E-state index contributed by atoms with van der Waals surface area (Å²) in [6.45, 7) is 2.04. The van der Waals surface area contributed by atoms with E-state index in [1.165, 1.54) is 0 Å². The molecule has 0 radical (unpaired) electrons. The van der Waals surface area contributed by atoms with Crippen molar-refractivity contribution in [2.75, 3.05) is 14.2 Å². The number of methoxy groups -OCH3 is 2. The van der Waals surface area contributed by atoms with E-state index in [4.69, 9.17) is 14.6 Å². The molecule has 0 aliphatic rings. The summed E-state index contributed by atoms with van der Waals surface area (Å²) < 4.78 is 11.7. The first-order valence-corrected chi connectivity index (χ1v) is 10.1. The largest absolute Gasteiger partial charge is 0.508 e. The summed E-state index contributed by atoms with van der Waals surface area (Å²) >= 11 is 0. The van der Waals surface area contributed by atoms with Crippen LogP contribution in [-0.4, -0.2) is 30.4 Å². The number of benzene rings is 3. The quantitative estimate of drug-likeness (QED) is 0.448. The molecule has 3 rings (SSSR count). The van der Waals surface area contributed by atoms with Gasteiger partial charge in [0.2, 0.25) is 0 Å². The van der Waals surface area contributed by atoms with E-state index in [1.54, 1.807) is 26.4 Å². The van der Waals surface area contributed by atoms with Crippen molar-refractivity contribution in [2.45, 2.75) is 38.5 Å². The first kappa shape index (κ1) is 21.5. The van der Waals surface area contributed by atoms with Gasteiger partial charge in [0.25, 0.3) is 0 Å². The van der Waals surface area contributed by atoms with Crippen molar-refractivity contribution in [3.05, 3.63) is 65.2 Å². The Morgan fingerprint density at radius 3 is 2.10 bits per heavy atom. The Bertz CT molecular complexity index is 1020. The standard InChI is InChI=1S/C25H28O5/c1-16-23(25(30-3)21-10-5-4-9-20(21)24(16)29-2)19(8-6-7-11-22(27)28)17-12-14-18(26)15-13-17/h4-5,9-10,12-15,19,26H,6-8,11H2,1-3H3,(H,27,28). The zero-order valence-electron chi connectivity index (χ0n) is 17.6. The second-order valence-electron chi connectivity index (χ2n) is 7.43. The Hall–Kier alpha value is -3.21. The number of phenols is 1. The lowest BCUT2D eigenvalue weighted by atomic mass is 9.82. The van der Waals surface area contributed by atoms with Gasteiger partial charge in [0, 0.05) is 28.7 Å². The minimum Gasteiger partial charge on any atom is -0.508 e. The number of phenolic OH excluding ortho intramolecular Hbond substituents is 1. The molecule has 0 saturated heterocycles. The van der Waals surface area contributed by atoms with Gasteiger partial charge >= 0.3 is 5.97 Å². The van der Waals surface area contributed by atoms with Crippen molar-refractivity contribution < 1.29 is 24.5 Å². The van der Waals surface area contributed by atoms with Gasteiger partial charge in [0.05, 0.1) is 14.2 Å². The lowest BCUT2D eigenvalue weighted by Crippen LogP contribution is -2.08. The fourth-order valence-corrected chi connectivity index (χ4v) is 4.23. The summed E-state index contributed by atoms with van der Waals surface area (Å²) in [5, 5.41) is 20.7. The van der Waals surface area contributed by atoms with E-state index in [2.05, 4.69) is 0 Å². The van der Waals surface area contributed by atoms with E-state index in [-0.39, 0.29) is 18.1 Å². The molecule has 0 fully saturated rings. The molecular weight excluding hydrogens is 380 g/mol. The highest BCUT2D eigenvalue weighted by atomic mass is 16.5. The van der Waals surface area contributed by atoms with Crippen LogP contribution >= 0.6 is 0 Å². The van der Waals surface area contributed by atoms with Gasteiger partial charge in [-0.3, -0.25) is 4.79 Å². The van der Waals surface area contributed by atoms with E-state index in [1.807, 2.05) is 43.3 Å². The van der Waals surface area contributed by atoms with Gasteiger partial charge in [-0.05, 0) is 43.0 Å². The summed E-state index contributed by atoms with van der Waals surface area (Å²) in [5.41, 5.74) is 3.08. The number of fused-ring (bicyclic) bond motifs is 1. The highest BCUT2D eigenvalue weighted by Gasteiger charge is 2.26. The zero-order chi connectivity index (χ0) is 21.7. The van der Waals surface area contributed by atoms with Crippen LogP contribution in [0.3, 0.4) is 0 Å². The van der Waals surface area contributed by atoms with Crippen molar-refractivity contribution in [1.82, 2.24) is 0 Å². The highest BCUT2D eigenvalue weighted by Crippen LogP contribution is 2.46. The Balaban J connectivity index is 2.17. The molecule has 0 aromatic heterocycles. The molecule has 0 spiro atoms. The third-order valence-electron chi connectivity index (χ3n) is 5.59. The number of ether oxygens (including phenoxy) is 2. The molecule has 5 nitrogen and oxygen atoms in total. The zero-order valence-corrected chi connectivity index (χ0v) is 17.6. The SMILES string of the molecule is COc1c(C)c(C(CCCCC(=O)O)c2ccc(O)cc2)c(OC)c2ccccc12. The molecule has 0 amide bonds. The molecule has 0 heterocycles. The molecule has 1 atom stereocenters. The van der Waals surface area contributed by atoms with E-state index in [0.29, 0.717) is 6.42 Å². The molecule has 3 aromatic carbocycles. The minimum atomic E-state index is -0.780. The topological polar surface area (TPSA) is 76.0 Å². The van der Waals surface area contributed by atoms with Gasteiger partial charge in [-0.15, -0.1) is 0 Å². The lowest BCUT2D eigenvalue weighted by molar-refractivity contribution is -0.137. The molecular formula is C25H28O5. The molecule has 2 N–H and O–H groups in total. The van der Waals surface area contributed by atoms with Crippen molar-refractivity contribution in [2.24, 2.45) is 0 Å². The maximum Gasteiger partial charge on any atom is 0.303 e. The molecule has 158 valence electrons. The first-order chi connectivity index (χ1) is 14.5. The van der Waals surface area contributed by atoms with Crippen molar-refractivity contribution in [3.8, 4) is 17.2 Å². The van der Waals surface area contributed by atoms with Crippen LogP contribution in [0.5, 0.6) is 17.2 Å². The summed E-state index contributed by atoms with van der Waals surface area (Å²) in [6, 6.07) is 15.2.